The lowest BCUT2D eigenvalue weighted by Gasteiger charge is -2.33. The Kier molecular flexibility index (Phi) is 3.96. The van der Waals surface area contributed by atoms with Gasteiger partial charge in [-0.1, -0.05) is 5.16 Å². The van der Waals surface area contributed by atoms with Gasteiger partial charge in [0.25, 0.3) is 5.91 Å². The van der Waals surface area contributed by atoms with Gasteiger partial charge in [-0.3, -0.25) is 4.79 Å². The molecule has 1 aliphatic rings. The minimum Gasteiger partial charge on any atom is -0.464 e. The van der Waals surface area contributed by atoms with Crippen molar-refractivity contribution >= 4 is 11.9 Å². The van der Waals surface area contributed by atoms with Gasteiger partial charge in [-0.2, -0.15) is 0 Å². The molecule has 1 atom stereocenters. The fraction of sp³-hybridized carbons (Fsp3) is 0.583. The molecule has 0 radical (unpaired) electrons. The topological polar surface area (TPSA) is 72.6 Å². The molecule has 1 unspecified atom stereocenters. The van der Waals surface area contributed by atoms with Crippen LogP contribution < -0.4 is 0 Å². The van der Waals surface area contributed by atoms with Crippen LogP contribution in [0.3, 0.4) is 0 Å². The fourth-order valence-electron chi connectivity index (χ4n) is 2.13. The summed E-state index contributed by atoms with van der Waals surface area (Å²) in [5, 5.41) is 3.61. The predicted octanol–water partition coefficient (Wildman–Crippen LogP) is 1.23. The number of carbonyl (C=O) groups is 2. The molecule has 0 saturated carbocycles. The van der Waals surface area contributed by atoms with E-state index >= 15 is 0 Å². The molecule has 6 heteroatoms. The van der Waals surface area contributed by atoms with Gasteiger partial charge in [-0.25, -0.2) is 4.79 Å². The van der Waals surface area contributed by atoms with E-state index in [1.54, 1.807) is 6.92 Å². The molecule has 6 nitrogen and oxygen atoms in total. The Morgan fingerprint density at radius 2 is 2.39 bits per heavy atom. The highest BCUT2D eigenvalue weighted by Crippen LogP contribution is 2.20. The van der Waals surface area contributed by atoms with Crippen LogP contribution in [-0.2, 0) is 9.53 Å². The smallest absolute Gasteiger partial charge is 0.328 e. The third kappa shape index (κ3) is 2.52. The van der Waals surface area contributed by atoms with Gasteiger partial charge in [0.05, 0.1) is 6.61 Å². The first kappa shape index (κ1) is 12.6. The maximum atomic E-state index is 12.2. The second kappa shape index (κ2) is 5.66. The molecule has 0 N–H and O–H groups in total. The fourth-order valence-corrected chi connectivity index (χ4v) is 2.13. The van der Waals surface area contributed by atoms with E-state index in [9.17, 15) is 9.59 Å². The summed E-state index contributed by atoms with van der Waals surface area (Å²) >= 11 is 0. The zero-order valence-electron chi connectivity index (χ0n) is 10.3. The summed E-state index contributed by atoms with van der Waals surface area (Å²) in [7, 11) is 0. The van der Waals surface area contributed by atoms with E-state index in [0.29, 0.717) is 19.6 Å². The van der Waals surface area contributed by atoms with E-state index in [0.717, 1.165) is 12.8 Å². The van der Waals surface area contributed by atoms with Crippen molar-refractivity contribution in [2.45, 2.75) is 32.2 Å². The highest BCUT2D eigenvalue weighted by Gasteiger charge is 2.34. The number of nitrogens with zero attached hydrogens (tertiary/aromatic N) is 2. The van der Waals surface area contributed by atoms with Crippen LogP contribution >= 0.6 is 0 Å². The van der Waals surface area contributed by atoms with Crippen molar-refractivity contribution in [2.75, 3.05) is 13.2 Å². The average Bonchev–Trinajstić information content (AvgIpc) is 2.92. The summed E-state index contributed by atoms with van der Waals surface area (Å²) < 4.78 is 9.66. The Bertz CT molecular complexity index is 416. The molecule has 1 aliphatic heterocycles. The van der Waals surface area contributed by atoms with Crippen molar-refractivity contribution in [3.8, 4) is 0 Å². The van der Waals surface area contributed by atoms with Crippen LogP contribution in [0.15, 0.2) is 16.9 Å². The number of hydrogen-bond acceptors (Lipinski definition) is 5. The zero-order chi connectivity index (χ0) is 13.0. The lowest BCUT2D eigenvalue weighted by molar-refractivity contribution is -0.149. The zero-order valence-corrected chi connectivity index (χ0v) is 10.3. The van der Waals surface area contributed by atoms with Gasteiger partial charge >= 0.3 is 5.97 Å². The van der Waals surface area contributed by atoms with Crippen molar-refractivity contribution in [3.05, 3.63) is 18.0 Å². The van der Waals surface area contributed by atoms with Gasteiger partial charge < -0.3 is 14.2 Å². The molecule has 1 amide bonds. The van der Waals surface area contributed by atoms with Crippen molar-refractivity contribution in [1.29, 1.82) is 0 Å². The molecule has 0 aromatic carbocycles. The molecule has 0 aliphatic carbocycles. The second-order valence-electron chi connectivity index (χ2n) is 4.15. The van der Waals surface area contributed by atoms with Crippen LogP contribution in [0, 0.1) is 0 Å². The number of hydrogen-bond donors (Lipinski definition) is 0. The number of rotatable bonds is 3. The first-order chi connectivity index (χ1) is 8.74. The number of likely N-dealkylation sites (tertiary alicyclic amines) is 1. The number of piperidine rings is 1. The quantitative estimate of drug-likeness (QED) is 0.756. The minimum atomic E-state index is -0.497. The third-order valence-corrected chi connectivity index (χ3v) is 2.98. The summed E-state index contributed by atoms with van der Waals surface area (Å²) in [4.78, 5) is 25.5. The van der Waals surface area contributed by atoms with Crippen molar-refractivity contribution in [3.63, 3.8) is 0 Å². The van der Waals surface area contributed by atoms with E-state index < -0.39 is 6.04 Å². The SMILES string of the molecule is CCOC(=O)C1CCCCN1C(=O)c1ccon1. The van der Waals surface area contributed by atoms with E-state index in [4.69, 9.17) is 4.74 Å². The molecule has 2 heterocycles. The molecule has 98 valence electrons. The van der Waals surface area contributed by atoms with Crippen molar-refractivity contribution in [1.82, 2.24) is 10.1 Å². The lowest BCUT2D eigenvalue weighted by atomic mass is 10.0. The molecule has 0 spiro atoms. The molecule has 1 saturated heterocycles. The van der Waals surface area contributed by atoms with Gasteiger partial charge in [0, 0.05) is 12.6 Å². The number of amides is 1. The van der Waals surface area contributed by atoms with Crippen LogP contribution in [0.4, 0.5) is 0 Å². The molecule has 1 fully saturated rings. The minimum absolute atomic E-state index is 0.228. The Balaban J connectivity index is 2.12. The second-order valence-corrected chi connectivity index (χ2v) is 4.15. The van der Waals surface area contributed by atoms with E-state index in [1.165, 1.54) is 17.2 Å². The first-order valence-corrected chi connectivity index (χ1v) is 6.12. The van der Waals surface area contributed by atoms with Crippen LogP contribution in [0.2, 0.25) is 0 Å². The van der Waals surface area contributed by atoms with Crippen LogP contribution in [0.1, 0.15) is 36.7 Å². The Labute approximate surface area is 105 Å². The Morgan fingerprint density at radius 1 is 1.56 bits per heavy atom. The van der Waals surface area contributed by atoms with Crippen molar-refractivity contribution in [2.24, 2.45) is 0 Å². The van der Waals surface area contributed by atoms with Gasteiger partial charge in [0.15, 0.2) is 5.69 Å². The molecular formula is C12H16N2O4. The monoisotopic (exact) mass is 252 g/mol. The highest BCUT2D eigenvalue weighted by atomic mass is 16.5. The van der Waals surface area contributed by atoms with Gasteiger partial charge in [0.2, 0.25) is 0 Å². The highest BCUT2D eigenvalue weighted by molar-refractivity contribution is 5.95. The molecule has 1 aromatic rings. The maximum absolute atomic E-state index is 12.2. The summed E-state index contributed by atoms with van der Waals surface area (Å²) in [6.07, 6.45) is 3.80. The Morgan fingerprint density at radius 3 is 3.06 bits per heavy atom. The maximum Gasteiger partial charge on any atom is 0.328 e. The Hall–Kier alpha value is -1.85. The summed E-state index contributed by atoms with van der Waals surface area (Å²) in [6.45, 7) is 2.63. The largest absolute Gasteiger partial charge is 0.464 e. The number of esters is 1. The molecule has 18 heavy (non-hydrogen) atoms. The summed E-state index contributed by atoms with van der Waals surface area (Å²) in [6, 6.07) is 1.00. The van der Waals surface area contributed by atoms with Gasteiger partial charge in [-0.15, -0.1) is 0 Å². The average molecular weight is 252 g/mol. The predicted molar refractivity (Wildman–Crippen MR) is 61.8 cm³/mol. The molecule has 1 aromatic heterocycles. The van der Waals surface area contributed by atoms with Gasteiger partial charge in [-0.05, 0) is 26.2 Å². The van der Waals surface area contributed by atoms with Crippen LogP contribution in [-0.4, -0.2) is 41.1 Å². The number of aromatic nitrogens is 1. The van der Waals surface area contributed by atoms with E-state index in [1.807, 2.05) is 0 Å². The standard InChI is InChI=1S/C12H16N2O4/c1-2-17-12(16)10-5-3-4-7-14(10)11(15)9-6-8-18-13-9/h6,8,10H,2-5,7H2,1H3. The summed E-state index contributed by atoms with van der Waals surface area (Å²) in [5.41, 5.74) is 0.228. The molecule has 0 bridgehead atoms. The lowest BCUT2D eigenvalue weighted by Crippen LogP contribution is -2.48. The van der Waals surface area contributed by atoms with Crippen LogP contribution in [0.25, 0.3) is 0 Å². The summed E-state index contributed by atoms with van der Waals surface area (Å²) in [5.74, 6) is -0.615. The van der Waals surface area contributed by atoms with Crippen molar-refractivity contribution < 1.29 is 18.8 Å². The number of carbonyl (C=O) groups excluding carboxylic acids is 2. The van der Waals surface area contributed by atoms with E-state index in [2.05, 4.69) is 9.68 Å². The first-order valence-electron chi connectivity index (χ1n) is 6.12. The molecule has 2 rings (SSSR count). The molecular weight excluding hydrogens is 236 g/mol. The van der Waals surface area contributed by atoms with Gasteiger partial charge in [0.1, 0.15) is 12.3 Å². The number of ether oxygens (including phenoxy) is 1. The van der Waals surface area contributed by atoms with E-state index in [-0.39, 0.29) is 17.6 Å². The third-order valence-electron chi connectivity index (χ3n) is 2.98. The normalized spacial score (nSPS) is 19.6. The van der Waals surface area contributed by atoms with Crippen LogP contribution in [0.5, 0.6) is 0 Å².